The number of halogens is 1. The van der Waals surface area contributed by atoms with Crippen LogP contribution in [-0.2, 0) is 6.42 Å². The first-order valence-electron chi connectivity index (χ1n) is 5.81. The molecule has 1 aliphatic heterocycles. The molecule has 0 saturated heterocycles. The number of hydrogen-bond acceptors (Lipinski definition) is 1. The van der Waals surface area contributed by atoms with Gasteiger partial charge in [0.15, 0.2) is 0 Å². The van der Waals surface area contributed by atoms with Gasteiger partial charge in [0.1, 0.15) is 0 Å². The molecular formula is C13H18ClN. The molecule has 1 aromatic rings. The fourth-order valence-corrected chi connectivity index (χ4v) is 2.65. The molecule has 0 spiro atoms. The smallest absolute Gasteiger partial charge is 0.0426 e. The third-order valence-electron chi connectivity index (χ3n) is 3.36. The Labute approximate surface area is 97.0 Å². The van der Waals surface area contributed by atoms with Gasteiger partial charge in [-0.15, -0.1) is 0 Å². The number of hydrogen-bond donors (Lipinski definition) is 0. The van der Waals surface area contributed by atoms with Crippen molar-refractivity contribution in [2.75, 3.05) is 11.4 Å². The summed E-state index contributed by atoms with van der Waals surface area (Å²) in [5.74, 6) is 0. The van der Waals surface area contributed by atoms with E-state index in [0.717, 1.165) is 11.6 Å². The van der Waals surface area contributed by atoms with Gasteiger partial charge in [-0.05, 0) is 37.0 Å². The molecule has 15 heavy (non-hydrogen) atoms. The van der Waals surface area contributed by atoms with E-state index in [0.29, 0.717) is 6.04 Å². The number of anilines is 1. The molecule has 82 valence electrons. The van der Waals surface area contributed by atoms with Crippen LogP contribution in [0.3, 0.4) is 0 Å². The first kappa shape index (κ1) is 10.8. The quantitative estimate of drug-likeness (QED) is 0.752. The zero-order valence-electron chi connectivity index (χ0n) is 9.46. The lowest BCUT2D eigenvalue weighted by molar-refractivity contribution is 0.571. The fraction of sp³-hybridized carbons (Fsp3) is 0.538. The molecule has 0 atom stereocenters. The second-order valence-corrected chi connectivity index (χ2v) is 4.62. The summed E-state index contributed by atoms with van der Waals surface area (Å²) in [6, 6.07) is 6.95. The van der Waals surface area contributed by atoms with E-state index in [-0.39, 0.29) is 0 Å². The highest BCUT2D eigenvalue weighted by atomic mass is 35.5. The van der Waals surface area contributed by atoms with E-state index in [1.807, 2.05) is 6.07 Å². The van der Waals surface area contributed by atoms with Crippen molar-refractivity contribution in [2.45, 2.75) is 39.2 Å². The molecular weight excluding hydrogens is 206 g/mol. The van der Waals surface area contributed by atoms with Crippen molar-refractivity contribution in [1.29, 1.82) is 0 Å². The molecule has 1 nitrogen and oxygen atoms in total. The van der Waals surface area contributed by atoms with Gasteiger partial charge in [-0.2, -0.15) is 0 Å². The predicted molar refractivity (Wildman–Crippen MR) is 66.9 cm³/mol. The Hall–Kier alpha value is -0.690. The second-order valence-electron chi connectivity index (χ2n) is 4.19. The average Bonchev–Trinajstić information content (AvgIpc) is 2.64. The second kappa shape index (κ2) is 4.44. The van der Waals surface area contributed by atoms with Gasteiger partial charge in [0, 0.05) is 23.3 Å². The van der Waals surface area contributed by atoms with Crippen molar-refractivity contribution in [1.82, 2.24) is 0 Å². The maximum absolute atomic E-state index is 6.05. The number of benzene rings is 1. The lowest BCUT2D eigenvalue weighted by Crippen LogP contribution is -2.32. The van der Waals surface area contributed by atoms with Crippen LogP contribution in [0.15, 0.2) is 18.2 Å². The van der Waals surface area contributed by atoms with E-state index < -0.39 is 0 Å². The summed E-state index contributed by atoms with van der Waals surface area (Å²) in [5, 5.41) is 0.853. The van der Waals surface area contributed by atoms with Crippen LogP contribution in [-0.4, -0.2) is 12.6 Å². The molecule has 1 heterocycles. The Bertz CT molecular complexity index is 344. The Morgan fingerprint density at radius 2 is 2.07 bits per heavy atom. The van der Waals surface area contributed by atoms with E-state index in [2.05, 4.69) is 30.9 Å². The first-order valence-corrected chi connectivity index (χ1v) is 6.19. The maximum atomic E-state index is 6.05. The van der Waals surface area contributed by atoms with Gasteiger partial charge in [-0.25, -0.2) is 0 Å². The molecule has 1 aliphatic rings. The minimum Gasteiger partial charge on any atom is -0.368 e. The van der Waals surface area contributed by atoms with E-state index in [1.54, 1.807) is 0 Å². The predicted octanol–water partition coefficient (Wildman–Crippen LogP) is 3.89. The monoisotopic (exact) mass is 223 g/mol. The highest BCUT2D eigenvalue weighted by molar-refractivity contribution is 6.30. The summed E-state index contributed by atoms with van der Waals surface area (Å²) in [6.07, 6.45) is 3.59. The molecule has 2 heteroatoms. The highest BCUT2D eigenvalue weighted by Crippen LogP contribution is 2.33. The van der Waals surface area contributed by atoms with Gasteiger partial charge >= 0.3 is 0 Å². The van der Waals surface area contributed by atoms with E-state index >= 15 is 0 Å². The van der Waals surface area contributed by atoms with Crippen molar-refractivity contribution in [2.24, 2.45) is 0 Å². The number of rotatable bonds is 3. The van der Waals surface area contributed by atoms with Gasteiger partial charge in [0.25, 0.3) is 0 Å². The normalized spacial score (nSPS) is 14.8. The number of nitrogens with zero attached hydrogens (tertiary/aromatic N) is 1. The van der Waals surface area contributed by atoms with Crippen LogP contribution in [0.5, 0.6) is 0 Å². The van der Waals surface area contributed by atoms with Crippen molar-refractivity contribution in [3.63, 3.8) is 0 Å². The summed E-state index contributed by atoms with van der Waals surface area (Å²) >= 11 is 6.05. The lowest BCUT2D eigenvalue weighted by Gasteiger charge is -2.28. The van der Waals surface area contributed by atoms with Gasteiger partial charge in [-0.3, -0.25) is 0 Å². The van der Waals surface area contributed by atoms with E-state index in [9.17, 15) is 0 Å². The van der Waals surface area contributed by atoms with Crippen molar-refractivity contribution < 1.29 is 0 Å². The molecule has 1 aromatic carbocycles. The Morgan fingerprint density at radius 1 is 1.33 bits per heavy atom. The largest absolute Gasteiger partial charge is 0.368 e. The van der Waals surface area contributed by atoms with Crippen LogP contribution in [0, 0.1) is 0 Å². The molecule has 0 aliphatic carbocycles. The Balaban J connectivity index is 2.30. The molecule has 0 N–H and O–H groups in total. The SMILES string of the molecule is CCC(CC)N1CCc2ccc(Cl)cc21. The molecule has 0 aromatic heterocycles. The Morgan fingerprint density at radius 3 is 2.73 bits per heavy atom. The molecule has 2 rings (SSSR count). The van der Waals surface area contributed by atoms with Crippen LogP contribution in [0.4, 0.5) is 5.69 Å². The molecule has 0 unspecified atom stereocenters. The maximum Gasteiger partial charge on any atom is 0.0426 e. The zero-order valence-corrected chi connectivity index (χ0v) is 10.2. The molecule has 0 saturated carbocycles. The molecule has 0 bridgehead atoms. The van der Waals surface area contributed by atoms with Gasteiger partial charge in [0.2, 0.25) is 0 Å². The van der Waals surface area contributed by atoms with E-state index in [1.165, 1.54) is 30.5 Å². The van der Waals surface area contributed by atoms with Crippen molar-refractivity contribution in [3.05, 3.63) is 28.8 Å². The van der Waals surface area contributed by atoms with Crippen molar-refractivity contribution >= 4 is 17.3 Å². The zero-order chi connectivity index (χ0) is 10.8. The standard InChI is InChI=1S/C13H18ClN/c1-3-12(4-2)15-8-7-10-5-6-11(14)9-13(10)15/h5-6,9,12H,3-4,7-8H2,1-2H3. The van der Waals surface area contributed by atoms with Gasteiger partial charge < -0.3 is 4.90 Å². The van der Waals surface area contributed by atoms with E-state index in [4.69, 9.17) is 11.6 Å². The first-order chi connectivity index (χ1) is 7.26. The Kier molecular flexibility index (Phi) is 3.20. The van der Waals surface area contributed by atoms with Crippen LogP contribution in [0.2, 0.25) is 5.02 Å². The van der Waals surface area contributed by atoms with Gasteiger partial charge in [-0.1, -0.05) is 31.5 Å². The topological polar surface area (TPSA) is 3.24 Å². The lowest BCUT2D eigenvalue weighted by atomic mass is 10.1. The summed E-state index contributed by atoms with van der Waals surface area (Å²) in [6.45, 7) is 5.68. The third kappa shape index (κ3) is 1.98. The average molecular weight is 224 g/mol. The summed E-state index contributed by atoms with van der Waals surface area (Å²) in [5.41, 5.74) is 2.81. The number of fused-ring (bicyclic) bond motifs is 1. The van der Waals surface area contributed by atoms with Crippen LogP contribution < -0.4 is 4.90 Å². The van der Waals surface area contributed by atoms with Crippen molar-refractivity contribution in [3.8, 4) is 0 Å². The fourth-order valence-electron chi connectivity index (χ4n) is 2.49. The van der Waals surface area contributed by atoms with Crippen LogP contribution >= 0.6 is 11.6 Å². The van der Waals surface area contributed by atoms with Crippen LogP contribution in [0.25, 0.3) is 0 Å². The highest BCUT2D eigenvalue weighted by Gasteiger charge is 2.23. The van der Waals surface area contributed by atoms with Gasteiger partial charge in [0.05, 0.1) is 0 Å². The minimum absolute atomic E-state index is 0.671. The summed E-state index contributed by atoms with van der Waals surface area (Å²) in [7, 11) is 0. The third-order valence-corrected chi connectivity index (χ3v) is 3.60. The molecule has 0 amide bonds. The minimum atomic E-state index is 0.671. The molecule has 0 fully saturated rings. The summed E-state index contributed by atoms with van der Waals surface area (Å²) in [4.78, 5) is 2.52. The van der Waals surface area contributed by atoms with Crippen LogP contribution in [0.1, 0.15) is 32.3 Å². The molecule has 0 radical (unpaired) electrons. The summed E-state index contributed by atoms with van der Waals surface area (Å²) < 4.78 is 0.